The van der Waals surface area contributed by atoms with Crippen LogP contribution in [0.25, 0.3) is 0 Å². The molecule has 0 amide bonds. The molecular weight excluding hydrogens is 152 g/mol. The molecule has 0 unspecified atom stereocenters. The Labute approximate surface area is 75.6 Å². The molecule has 0 aromatic heterocycles. The number of rotatable bonds is 9. The lowest BCUT2D eigenvalue weighted by Gasteiger charge is -2.01. The number of unbranched alkanes of at least 4 members (excludes halogenated alkanes) is 2. The molecule has 0 spiro atoms. The molecule has 0 saturated heterocycles. The molecule has 0 aromatic carbocycles. The van der Waals surface area contributed by atoms with Crippen molar-refractivity contribution in [2.45, 2.75) is 26.2 Å². The Bertz CT molecular complexity index is 91.8. The van der Waals surface area contributed by atoms with Gasteiger partial charge in [-0.2, -0.15) is 0 Å². The summed E-state index contributed by atoms with van der Waals surface area (Å²) < 4.78 is 10.4. The molecule has 0 aliphatic rings. The zero-order chi connectivity index (χ0) is 9.07. The van der Waals surface area contributed by atoms with E-state index in [0.29, 0.717) is 6.61 Å². The second-order valence-corrected chi connectivity index (χ2v) is 2.62. The second-order valence-electron chi connectivity index (χ2n) is 2.62. The van der Waals surface area contributed by atoms with E-state index in [1.54, 1.807) is 6.08 Å². The maximum absolute atomic E-state index is 5.23. The van der Waals surface area contributed by atoms with Crippen molar-refractivity contribution in [3.8, 4) is 0 Å². The van der Waals surface area contributed by atoms with Crippen LogP contribution in [0.1, 0.15) is 26.2 Å². The van der Waals surface area contributed by atoms with Gasteiger partial charge in [-0.05, 0) is 26.2 Å². The summed E-state index contributed by atoms with van der Waals surface area (Å²) in [4.78, 5) is 0. The molecule has 2 nitrogen and oxygen atoms in total. The monoisotopic (exact) mass is 172 g/mol. The van der Waals surface area contributed by atoms with E-state index in [1.165, 1.54) is 6.42 Å². The summed E-state index contributed by atoms with van der Waals surface area (Å²) in [6.45, 7) is 8.83. The van der Waals surface area contributed by atoms with Crippen LogP contribution in [0.3, 0.4) is 0 Å². The Hall–Kier alpha value is -0.340. The SMILES string of the molecule is C=CCOCCCCCOCC. The first-order valence-electron chi connectivity index (χ1n) is 4.68. The van der Waals surface area contributed by atoms with Gasteiger partial charge in [0.25, 0.3) is 0 Å². The summed E-state index contributed by atoms with van der Waals surface area (Å²) in [6.07, 6.45) is 5.24. The highest BCUT2D eigenvalue weighted by Crippen LogP contribution is 1.96. The average molecular weight is 172 g/mol. The third kappa shape index (κ3) is 9.66. The molecule has 0 radical (unpaired) electrons. The molecule has 0 bridgehead atoms. The fourth-order valence-corrected chi connectivity index (χ4v) is 0.896. The summed E-state index contributed by atoms with van der Waals surface area (Å²) >= 11 is 0. The lowest BCUT2D eigenvalue weighted by molar-refractivity contribution is 0.132. The molecule has 0 aliphatic heterocycles. The second kappa shape index (κ2) is 10.7. The molecule has 0 fully saturated rings. The molecule has 12 heavy (non-hydrogen) atoms. The van der Waals surface area contributed by atoms with Crippen LogP contribution in [0, 0.1) is 0 Å². The Morgan fingerprint density at radius 3 is 2.33 bits per heavy atom. The Balaban J connectivity index is 2.77. The van der Waals surface area contributed by atoms with Crippen molar-refractivity contribution in [2.24, 2.45) is 0 Å². The number of ether oxygens (including phenoxy) is 2. The smallest absolute Gasteiger partial charge is 0.0644 e. The van der Waals surface area contributed by atoms with Crippen LogP contribution in [0.15, 0.2) is 12.7 Å². The van der Waals surface area contributed by atoms with Gasteiger partial charge in [-0.15, -0.1) is 6.58 Å². The van der Waals surface area contributed by atoms with Gasteiger partial charge in [-0.25, -0.2) is 0 Å². The van der Waals surface area contributed by atoms with Gasteiger partial charge in [0.15, 0.2) is 0 Å². The molecule has 72 valence electrons. The Morgan fingerprint density at radius 1 is 1.08 bits per heavy atom. The van der Waals surface area contributed by atoms with Crippen LogP contribution in [-0.2, 0) is 9.47 Å². The largest absolute Gasteiger partial charge is 0.382 e. The van der Waals surface area contributed by atoms with Gasteiger partial charge in [0.1, 0.15) is 0 Å². The molecule has 0 N–H and O–H groups in total. The zero-order valence-electron chi connectivity index (χ0n) is 8.05. The molecular formula is C10H20O2. The zero-order valence-corrected chi connectivity index (χ0v) is 8.05. The minimum atomic E-state index is 0.672. The van der Waals surface area contributed by atoms with Crippen LogP contribution in [0.4, 0.5) is 0 Å². The predicted octanol–water partition coefficient (Wildman–Crippen LogP) is 2.40. The van der Waals surface area contributed by atoms with Gasteiger partial charge in [-0.3, -0.25) is 0 Å². The maximum atomic E-state index is 5.23. The quantitative estimate of drug-likeness (QED) is 0.393. The van der Waals surface area contributed by atoms with E-state index in [-0.39, 0.29) is 0 Å². The van der Waals surface area contributed by atoms with Gasteiger partial charge < -0.3 is 9.47 Å². The Kier molecular flexibility index (Phi) is 10.4. The first kappa shape index (κ1) is 11.7. The normalized spacial score (nSPS) is 10.1. The standard InChI is InChI=1S/C10H20O2/c1-3-8-12-10-7-5-6-9-11-4-2/h3H,1,4-10H2,2H3. The van der Waals surface area contributed by atoms with Crippen LogP contribution >= 0.6 is 0 Å². The van der Waals surface area contributed by atoms with Gasteiger partial charge in [0.2, 0.25) is 0 Å². The number of hydrogen-bond acceptors (Lipinski definition) is 2. The highest BCUT2D eigenvalue weighted by atomic mass is 16.5. The van der Waals surface area contributed by atoms with E-state index in [1.807, 2.05) is 6.92 Å². The fourth-order valence-electron chi connectivity index (χ4n) is 0.896. The van der Waals surface area contributed by atoms with E-state index < -0.39 is 0 Å². The van der Waals surface area contributed by atoms with Gasteiger partial charge >= 0.3 is 0 Å². The minimum absolute atomic E-state index is 0.672. The van der Waals surface area contributed by atoms with Crippen LogP contribution in [-0.4, -0.2) is 26.4 Å². The summed E-state index contributed by atoms with van der Waals surface area (Å²) in [5.41, 5.74) is 0. The highest BCUT2D eigenvalue weighted by molar-refractivity contribution is 4.63. The third-order valence-corrected chi connectivity index (χ3v) is 1.52. The molecule has 2 heteroatoms. The van der Waals surface area contributed by atoms with Crippen molar-refractivity contribution in [3.05, 3.63) is 12.7 Å². The van der Waals surface area contributed by atoms with E-state index in [0.717, 1.165) is 32.7 Å². The molecule has 0 atom stereocenters. The number of hydrogen-bond donors (Lipinski definition) is 0. The van der Waals surface area contributed by atoms with E-state index in [4.69, 9.17) is 9.47 Å². The van der Waals surface area contributed by atoms with Gasteiger partial charge in [0.05, 0.1) is 6.61 Å². The average Bonchev–Trinajstić information content (AvgIpc) is 2.10. The van der Waals surface area contributed by atoms with E-state index in [2.05, 4.69) is 6.58 Å². The molecule has 0 rings (SSSR count). The van der Waals surface area contributed by atoms with Crippen molar-refractivity contribution < 1.29 is 9.47 Å². The lowest BCUT2D eigenvalue weighted by atomic mass is 10.2. The summed E-state index contributed by atoms with van der Waals surface area (Å²) in [5.74, 6) is 0. The lowest BCUT2D eigenvalue weighted by Crippen LogP contribution is -1.97. The van der Waals surface area contributed by atoms with Crippen molar-refractivity contribution >= 4 is 0 Å². The van der Waals surface area contributed by atoms with Crippen molar-refractivity contribution in [2.75, 3.05) is 26.4 Å². The van der Waals surface area contributed by atoms with E-state index in [9.17, 15) is 0 Å². The fraction of sp³-hybridized carbons (Fsp3) is 0.800. The molecule has 0 saturated carbocycles. The van der Waals surface area contributed by atoms with Crippen molar-refractivity contribution in [1.29, 1.82) is 0 Å². The molecule has 0 aromatic rings. The van der Waals surface area contributed by atoms with Crippen molar-refractivity contribution in [1.82, 2.24) is 0 Å². The van der Waals surface area contributed by atoms with Gasteiger partial charge in [0, 0.05) is 19.8 Å². The van der Waals surface area contributed by atoms with E-state index >= 15 is 0 Å². The molecule has 0 aliphatic carbocycles. The Morgan fingerprint density at radius 2 is 1.75 bits per heavy atom. The first-order valence-corrected chi connectivity index (χ1v) is 4.68. The minimum Gasteiger partial charge on any atom is -0.382 e. The summed E-state index contributed by atoms with van der Waals surface area (Å²) in [7, 11) is 0. The van der Waals surface area contributed by atoms with Crippen LogP contribution in [0.5, 0.6) is 0 Å². The summed E-state index contributed by atoms with van der Waals surface area (Å²) in [6, 6.07) is 0. The molecule has 0 heterocycles. The maximum Gasteiger partial charge on any atom is 0.0644 e. The first-order chi connectivity index (χ1) is 5.91. The highest BCUT2D eigenvalue weighted by Gasteiger charge is 1.88. The summed E-state index contributed by atoms with van der Waals surface area (Å²) in [5, 5.41) is 0. The van der Waals surface area contributed by atoms with Crippen LogP contribution < -0.4 is 0 Å². The van der Waals surface area contributed by atoms with Gasteiger partial charge in [-0.1, -0.05) is 6.08 Å². The van der Waals surface area contributed by atoms with Crippen molar-refractivity contribution in [3.63, 3.8) is 0 Å². The van der Waals surface area contributed by atoms with Crippen LogP contribution in [0.2, 0.25) is 0 Å². The topological polar surface area (TPSA) is 18.5 Å². The predicted molar refractivity (Wildman–Crippen MR) is 51.4 cm³/mol. The third-order valence-electron chi connectivity index (χ3n) is 1.52.